The van der Waals surface area contributed by atoms with E-state index in [1.807, 2.05) is 0 Å². The highest BCUT2D eigenvalue weighted by Crippen LogP contribution is 2.42. The first-order valence-electron chi connectivity index (χ1n) is 7.62. The second-order valence-electron chi connectivity index (χ2n) is 6.00. The van der Waals surface area contributed by atoms with Gasteiger partial charge in [0.15, 0.2) is 11.6 Å². The first-order valence-corrected chi connectivity index (χ1v) is 7.62. The molecule has 0 bridgehead atoms. The Labute approximate surface area is 135 Å². The average Bonchev–Trinajstić information content (AvgIpc) is 2.78. The van der Waals surface area contributed by atoms with Gasteiger partial charge in [-0.25, -0.2) is 9.29 Å². The van der Waals surface area contributed by atoms with Crippen molar-refractivity contribution in [3.8, 4) is 5.75 Å². The van der Waals surface area contributed by atoms with Crippen molar-refractivity contribution in [3.05, 3.63) is 29.1 Å². The topological polar surface area (TPSA) is 58.6 Å². The van der Waals surface area contributed by atoms with Crippen LogP contribution in [0.3, 0.4) is 0 Å². The van der Waals surface area contributed by atoms with Gasteiger partial charge in [0.25, 0.3) is 11.8 Å². The number of alkyl halides is 2. The molecular formula is C16H13F3N2O3. The van der Waals surface area contributed by atoms with Crippen LogP contribution in [0.1, 0.15) is 25.7 Å². The van der Waals surface area contributed by atoms with Crippen molar-refractivity contribution in [2.24, 2.45) is 0 Å². The predicted octanol–water partition coefficient (Wildman–Crippen LogP) is 2.97. The molecule has 0 aromatic heterocycles. The van der Waals surface area contributed by atoms with Crippen LogP contribution in [-0.2, 0) is 9.59 Å². The van der Waals surface area contributed by atoms with Gasteiger partial charge in [0, 0.05) is 17.2 Å². The molecule has 1 aromatic carbocycles. The zero-order valence-corrected chi connectivity index (χ0v) is 12.5. The molecule has 126 valence electrons. The lowest BCUT2D eigenvalue weighted by Crippen LogP contribution is -2.38. The number of fused-ring (bicyclic) bond motifs is 1. The van der Waals surface area contributed by atoms with E-state index in [9.17, 15) is 22.8 Å². The molecule has 2 heterocycles. The Morgan fingerprint density at radius 1 is 1.08 bits per heavy atom. The van der Waals surface area contributed by atoms with Gasteiger partial charge in [-0.3, -0.25) is 9.59 Å². The fourth-order valence-corrected chi connectivity index (χ4v) is 3.29. The first kappa shape index (κ1) is 15.0. The van der Waals surface area contributed by atoms with Crippen LogP contribution in [0.2, 0.25) is 0 Å². The molecular weight excluding hydrogens is 325 g/mol. The fourth-order valence-electron chi connectivity index (χ4n) is 3.29. The molecule has 1 N–H and O–H groups in total. The third-order valence-electron chi connectivity index (χ3n) is 4.42. The van der Waals surface area contributed by atoms with E-state index in [0.29, 0.717) is 24.0 Å². The molecule has 1 aromatic rings. The summed E-state index contributed by atoms with van der Waals surface area (Å²) in [5.74, 6) is -2.38. The number of carbonyl (C=O) groups excluding carboxylic acids is 2. The molecule has 0 radical (unpaired) electrons. The predicted molar refractivity (Wildman–Crippen MR) is 78.5 cm³/mol. The molecule has 24 heavy (non-hydrogen) atoms. The van der Waals surface area contributed by atoms with E-state index in [4.69, 9.17) is 0 Å². The maximum Gasteiger partial charge on any atom is 0.415 e. The molecule has 0 saturated carbocycles. The number of nitrogens with zero attached hydrogens (tertiary/aromatic N) is 1. The van der Waals surface area contributed by atoms with Gasteiger partial charge in [0.1, 0.15) is 6.54 Å². The van der Waals surface area contributed by atoms with Gasteiger partial charge in [-0.2, -0.15) is 8.78 Å². The Bertz CT molecular complexity index is 776. The number of ether oxygens (including phenoxy) is 1. The minimum atomic E-state index is -3.44. The van der Waals surface area contributed by atoms with Gasteiger partial charge < -0.3 is 10.1 Å². The Hall–Kier alpha value is -2.51. The van der Waals surface area contributed by atoms with Gasteiger partial charge in [-0.05, 0) is 31.7 Å². The summed E-state index contributed by atoms with van der Waals surface area (Å²) in [6.07, 6.45) is -0.834. The fraction of sp³-hybridized carbons (Fsp3) is 0.375. The van der Waals surface area contributed by atoms with Crippen LogP contribution in [0.5, 0.6) is 5.75 Å². The Morgan fingerprint density at radius 2 is 1.71 bits per heavy atom. The SMILES string of the molecule is O=C1C2=C(CCCC2)C(=O)N1c1cc2c(cc1F)OC(F)(F)CN2. The molecule has 0 spiro atoms. The van der Waals surface area contributed by atoms with E-state index in [-0.39, 0.29) is 17.1 Å². The van der Waals surface area contributed by atoms with Gasteiger partial charge in [0.05, 0.1) is 11.4 Å². The summed E-state index contributed by atoms with van der Waals surface area (Å²) in [7, 11) is 0. The van der Waals surface area contributed by atoms with Crippen LogP contribution in [0.15, 0.2) is 23.3 Å². The lowest BCUT2D eigenvalue weighted by molar-refractivity contribution is -0.167. The molecule has 4 rings (SSSR count). The standard InChI is InChI=1S/C16H13F3N2O3/c17-10-5-13-11(20-7-16(18,19)24-13)6-12(10)21-14(22)8-3-1-2-4-9(8)15(21)23/h5-6,20H,1-4,7H2. The molecule has 5 nitrogen and oxygen atoms in total. The maximum atomic E-state index is 14.4. The van der Waals surface area contributed by atoms with Crippen molar-refractivity contribution in [1.29, 1.82) is 0 Å². The lowest BCUT2D eigenvalue weighted by atomic mass is 9.93. The van der Waals surface area contributed by atoms with Crippen molar-refractivity contribution in [2.45, 2.75) is 31.8 Å². The Balaban J connectivity index is 1.74. The van der Waals surface area contributed by atoms with Gasteiger partial charge in [-0.1, -0.05) is 0 Å². The average molecular weight is 338 g/mol. The summed E-state index contributed by atoms with van der Waals surface area (Å²) in [4.78, 5) is 25.8. The number of halogens is 3. The van der Waals surface area contributed by atoms with Gasteiger partial charge >= 0.3 is 6.11 Å². The first-order chi connectivity index (χ1) is 11.4. The molecule has 2 aliphatic heterocycles. The van der Waals surface area contributed by atoms with Crippen LogP contribution >= 0.6 is 0 Å². The molecule has 0 fully saturated rings. The Kier molecular flexibility index (Phi) is 3.13. The highest BCUT2D eigenvalue weighted by Gasteiger charge is 2.42. The monoisotopic (exact) mass is 338 g/mol. The highest BCUT2D eigenvalue weighted by atomic mass is 19.3. The molecule has 3 aliphatic rings. The molecule has 1 aliphatic carbocycles. The van der Waals surface area contributed by atoms with Crippen molar-refractivity contribution in [2.75, 3.05) is 16.8 Å². The second-order valence-corrected chi connectivity index (χ2v) is 6.00. The summed E-state index contributed by atoms with van der Waals surface area (Å²) in [6.45, 7) is -0.776. The number of imide groups is 1. The number of amides is 2. The van der Waals surface area contributed by atoms with Crippen LogP contribution in [0, 0.1) is 5.82 Å². The van der Waals surface area contributed by atoms with E-state index in [0.717, 1.165) is 29.9 Å². The third kappa shape index (κ3) is 2.16. The Morgan fingerprint density at radius 3 is 2.33 bits per heavy atom. The van der Waals surface area contributed by atoms with E-state index in [2.05, 4.69) is 10.1 Å². The smallest absolute Gasteiger partial charge is 0.415 e. The lowest BCUT2D eigenvalue weighted by Gasteiger charge is -2.28. The number of benzene rings is 1. The summed E-state index contributed by atoms with van der Waals surface area (Å²) in [5.41, 5.74) is 0.723. The molecule has 2 amide bonds. The molecule has 0 unspecified atom stereocenters. The third-order valence-corrected chi connectivity index (χ3v) is 4.42. The van der Waals surface area contributed by atoms with E-state index < -0.39 is 30.3 Å². The van der Waals surface area contributed by atoms with Crippen LogP contribution < -0.4 is 15.0 Å². The molecule has 0 atom stereocenters. The van der Waals surface area contributed by atoms with E-state index in [1.165, 1.54) is 0 Å². The van der Waals surface area contributed by atoms with Crippen LogP contribution in [0.4, 0.5) is 24.5 Å². The number of carbonyl (C=O) groups is 2. The minimum absolute atomic E-state index is 0.114. The molecule has 0 saturated heterocycles. The van der Waals surface area contributed by atoms with Gasteiger partial charge in [0.2, 0.25) is 0 Å². The largest absolute Gasteiger partial charge is 0.429 e. The minimum Gasteiger partial charge on any atom is -0.429 e. The molecule has 8 heteroatoms. The summed E-state index contributed by atoms with van der Waals surface area (Å²) in [6, 6.07) is 1.93. The van der Waals surface area contributed by atoms with E-state index >= 15 is 0 Å². The van der Waals surface area contributed by atoms with Crippen LogP contribution in [0.25, 0.3) is 0 Å². The zero-order valence-electron chi connectivity index (χ0n) is 12.5. The van der Waals surface area contributed by atoms with Crippen molar-refractivity contribution < 1.29 is 27.5 Å². The van der Waals surface area contributed by atoms with Crippen molar-refractivity contribution in [1.82, 2.24) is 0 Å². The van der Waals surface area contributed by atoms with Gasteiger partial charge in [-0.15, -0.1) is 0 Å². The normalized spacial score (nSPS) is 22.0. The maximum absolute atomic E-state index is 14.4. The van der Waals surface area contributed by atoms with E-state index in [1.54, 1.807) is 0 Å². The second kappa shape index (κ2) is 4.99. The number of hydrogen-bond acceptors (Lipinski definition) is 4. The number of rotatable bonds is 1. The van der Waals surface area contributed by atoms with Crippen molar-refractivity contribution >= 4 is 23.2 Å². The summed E-state index contributed by atoms with van der Waals surface area (Å²) in [5, 5.41) is 2.43. The van der Waals surface area contributed by atoms with Crippen LogP contribution in [-0.4, -0.2) is 24.5 Å². The summed E-state index contributed by atoms with van der Waals surface area (Å²) >= 11 is 0. The van der Waals surface area contributed by atoms with Crippen molar-refractivity contribution in [3.63, 3.8) is 0 Å². The number of hydrogen-bond donors (Lipinski definition) is 1. The summed E-state index contributed by atoms with van der Waals surface area (Å²) < 4.78 is 45.2. The quantitative estimate of drug-likeness (QED) is 0.800. The number of anilines is 2. The number of nitrogens with one attached hydrogen (secondary N) is 1. The zero-order chi connectivity index (χ0) is 17.1. The highest BCUT2D eigenvalue weighted by molar-refractivity contribution is 6.33.